The molecule has 0 atom stereocenters. The first kappa shape index (κ1) is 15.8. The van der Waals surface area contributed by atoms with Gasteiger partial charge in [-0.2, -0.15) is 0 Å². The first-order valence-corrected chi connectivity index (χ1v) is 7.89. The lowest BCUT2D eigenvalue weighted by molar-refractivity contribution is -0.131. The zero-order chi connectivity index (χ0) is 15.1. The summed E-state index contributed by atoms with van der Waals surface area (Å²) in [5.41, 5.74) is 2.24. The highest BCUT2D eigenvalue weighted by molar-refractivity contribution is 5.85. The summed E-state index contributed by atoms with van der Waals surface area (Å²) in [6.45, 7) is 5.67. The molecule has 1 aromatic carbocycles. The number of rotatable bonds is 6. The minimum atomic E-state index is -0.908. The second kappa shape index (κ2) is 7.99. The minimum Gasteiger partial charge on any atom is -0.478 e. The lowest BCUT2D eigenvalue weighted by Crippen LogP contribution is -2.33. The molecule has 1 saturated heterocycles. The van der Waals surface area contributed by atoms with Gasteiger partial charge in [0, 0.05) is 12.6 Å². The molecule has 1 aliphatic rings. The van der Waals surface area contributed by atoms with Gasteiger partial charge in [0.2, 0.25) is 0 Å². The Morgan fingerprint density at radius 3 is 2.52 bits per heavy atom. The molecule has 0 amide bonds. The second-order valence-corrected chi connectivity index (χ2v) is 5.92. The maximum atomic E-state index is 10.5. The predicted octanol–water partition coefficient (Wildman–Crippen LogP) is 3.80. The van der Waals surface area contributed by atoms with Crippen LogP contribution in [0, 0.1) is 5.92 Å². The highest BCUT2D eigenvalue weighted by Gasteiger charge is 2.18. The van der Waals surface area contributed by atoms with E-state index in [2.05, 4.69) is 24.0 Å². The zero-order valence-electron chi connectivity index (χ0n) is 12.8. The summed E-state index contributed by atoms with van der Waals surface area (Å²) in [5, 5.41) is 8.61. The van der Waals surface area contributed by atoms with Crippen LogP contribution in [0.2, 0.25) is 0 Å². The molecular weight excluding hydrogens is 262 g/mol. The van der Waals surface area contributed by atoms with Gasteiger partial charge >= 0.3 is 5.97 Å². The van der Waals surface area contributed by atoms with Gasteiger partial charge in [0.25, 0.3) is 0 Å². The lowest BCUT2D eigenvalue weighted by atomic mass is 9.92. The molecule has 0 unspecified atom stereocenters. The van der Waals surface area contributed by atoms with Crippen LogP contribution >= 0.6 is 0 Å². The summed E-state index contributed by atoms with van der Waals surface area (Å²) in [7, 11) is 0. The van der Waals surface area contributed by atoms with E-state index in [1.807, 2.05) is 12.1 Å². The fourth-order valence-electron chi connectivity index (χ4n) is 3.00. The maximum Gasteiger partial charge on any atom is 0.328 e. The highest BCUT2D eigenvalue weighted by atomic mass is 16.4. The van der Waals surface area contributed by atoms with Crippen LogP contribution in [0.4, 0.5) is 0 Å². The average molecular weight is 287 g/mol. The topological polar surface area (TPSA) is 40.5 Å². The van der Waals surface area contributed by atoms with Crippen molar-refractivity contribution in [3.8, 4) is 0 Å². The molecular formula is C18H25NO2. The molecule has 21 heavy (non-hydrogen) atoms. The molecule has 2 rings (SSSR count). The summed E-state index contributed by atoms with van der Waals surface area (Å²) in [5.74, 6) is 0.0174. The van der Waals surface area contributed by atoms with Crippen molar-refractivity contribution in [2.45, 2.75) is 39.2 Å². The van der Waals surface area contributed by atoms with Gasteiger partial charge in [0.15, 0.2) is 0 Å². The van der Waals surface area contributed by atoms with Gasteiger partial charge in [-0.05, 0) is 49.1 Å². The van der Waals surface area contributed by atoms with E-state index in [0.29, 0.717) is 0 Å². The van der Waals surface area contributed by atoms with Crippen molar-refractivity contribution in [3.63, 3.8) is 0 Å². The van der Waals surface area contributed by atoms with Crippen LogP contribution in [-0.2, 0) is 11.3 Å². The van der Waals surface area contributed by atoms with E-state index in [0.717, 1.165) is 18.0 Å². The Morgan fingerprint density at radius 1 is 1.29 bits per heavy atom. The third kappa shape index (κ3) is 5.35. The number of hydrogen-bond acceptors (Lipinski definition) is 2. The van der Waals surface area contributed by atoms with Crippen LogP contribution in [-0.4, -0.2) is 29.1 Å². The number of benzene rings is 1. The number of carboxylic acid groups (broad SMARTS) is 1. The third-order valence-electron chi connectivity index (χ3n) is 4.21. The molecule has 0 aliphatic carbocycles. The van der Waals surface area contributed by atoms with E-state index >= 15 is 0 Å². The molecule has 0 saturated carbocycles. The van der Waals surface area contributed by atoms with E-state index in [1.54, 1.807) is 6.08 Å². The molecule has 1 N–H and O–H groups in total. The van der Waals surface area contributed by atoms with Crippen LogP contribution in [0.15, 0.2) is 30.3 Å². The lowest BCUT2D eigenvalue weighted by Gasteiger charge is -2.31. The number of carbonyl (C=O) groups is 1. The van der Waals surface area contributed by atoms with Crippen molar-refractivity contribution in [1.82, 2.24) is 4.90 Å². The van der Waals surface area contributed by atoms with E-state index in [-0.39, 0.29) is 0 Å². The van der Waals surface area contributed by atoms with Crippen molar-refractivity contribution in [1.29, 1.82) is 0 Å². The van der Waals surface area contributed by atoms with Crippen molar-refractivity contribution in [2.75, 3.05) is 13.1 Å². The molecule has 0 spiro atoms. The molecule has 114 valence electrons. The van der Waals surface area contributed by atoms with Gasteiger partial charge in [0.05, 0.1) is 0 Å². The second-order valence-electron chi connectivity index (χ2n) is 5.92. The normalized spacial score (nSPS) is 17.4. The minimum absolute atomic E-state index is 0.908. The Hall–Kier alpha value is -1.61. The molecule has 3 heteroatoms. The number of piperidine rings is 1. The SMILES string of the molecule is CCCC1CCN(Cc2ccc(C=CC(=O)O)cc2)CC1. The zero-order valence-corrected chi connectivity index (χ0v) is 12.8. The predicted molar refractivity (Wildman–Crippen MR) is 86.0 cm³/mol. The first-order valence-electron chi connectivity index (χ1n) is 7.89. The van der Waals surface area contributed by atoms with Crippen LogP contribution in [0.3, 0.4) is 0 Å². The number of hydrogen-bond donors (Lipinski definition) is 1. The first-order chi connectivity index (χ1) is 10.2. The molecule has 3 nitrogen and oxygen atoms in total. The fraction of sp³-hybridized carbons (Fsp3) is 0.500. The molecule has 1 aromatic rings. The monoisotopic (exact) mass is 287 g/mol. The van der Waals surface area contributed by atoms with Gasteiger partial charge in [-0.25, -0.2) is 4.79 Å². The van der Waals surface area contributed by atoms with Crippen LogP contribution in [0.1, 0.15) is 43.7 Å². The summed E-state index contributed by atoms with van der Waals surface area (Å²) in [4.78, 5) is 13.0. The van der Waals surface area contributed by atoms with Crippen molar-refractivity contribution >= 4 is 12.0 Å². The van der Waals surface area contributed by atoms with E-state index in [9.17, 15) is 4.79 Å². The maximum absolute atomic E-state index is 10.5. The third-order valence-corrected chi connectivity index (χ3v) is 4.21. The Balaban J connectivity index is 1.82. The van der Waals surface area contributed by atoms with E-state index in [1.165, 1.54) is 50.4 Å². The van der Waals surface area contributed by atoms with Crippen LogP contribution in [0.25, 0.3) is 6.08 Å². The summed E-state index contributed by atoms with van der Waals surface area (Å²) < 4.78 is 0. The van der Waals surface area contributed by atoms with Crippen molar-refractivity contribution < 1.29 is 9.90 Å². The Kier molecular flexibility index (Phi) is 6.00. The van der Waals surface area contributed by atoms with Gasteiger partial charge in [-0.3, -0.25) is 4.90 Å². The van der Waals surface area contributed by atoms with Gasteiger partial charge < -0.3 is 5.11 Å². The highest BCUT2D eigenvalue weighted by Crippen LogP contribution is 2.22. The standard InChI is InChI=1S/C18H25NO2/c1-2-3-15-10-12-19(13-11-15)14-17-6-4-16(5-7-17)8-9-18(20)21/h4-9,15H,2-3,10-14H2,1H3,(H,20,21). The van der Waals surface area contributed by atoms with Gasteiger partial charge in [0.1, 0.15) is 0 Å². The van der Waals surface area contributed by atoms with E-state index < -0.39 is 5.97 Å². The number of carboxylic acids is 1. The van der Waals surface area contributed by atoms with Crippen LogP contribution in [0.5, 0.6) is 0 Å². The fourth-order valence-corrected chi connectivity index (χ4v) is 3.00. The average Bonchev–Trinajstić information content (AvgIpc) is 2.49. The van der Waals surface area contributed by atoms with Gasteiger partial charge in [-0.1, -0.05) is 44.0 Å². The molecule has 0 aromatic heterocycles. The molecule has 0 bridgehead atoms. The molecule has 1 heterocycles. The van der Waals surface area contributed by atoms with Crippen molar-refractivity contribution in [3.05, 3.63) is 41.5 Å². The molecule has 1 aliphatic heterocycles. The van der Waals surface area contributed by atoms with Crippen molar-refractivity contribution in [2.24, 2.45) is 5.92 Å². The quantitative estimate of drug-likeness (QED) is 0.809. The number of aliphatic carboxylic acids is 1. The number of likely N-dealkylation sites (tertiary alicyclic amines) is 1. The van der Waals surface area contributed by atoms with Gasteiger partial charge in [-0.15, -0.1) is 0 Å². The number of nitrogens with zero attached hydrogens (tertiary/aromatic N) is 1. The van der Waals surface area contributed by atoms with Crippen LogP contribution < -0.4 is 0 Å². The molecule has 1 fully saturated rings. The molecule has 0 radical (unpaired) electrons. The largest absolute Gasteiger partial charge is 0.478 e. The Morgan fingerprint density at radius 2 is 1.95 bits per heavy atom. The Labute approximate surface area is 127 Å². The summed E-state index contributed by atoms with van der Waals surface area (Å²) in [6, 6.07) is 8.16. The smallest absolute Gasteiger partial charge is 0.328 e. The Bertz CT molecular complexity index is 470. The summed E-state index contributed by atoms with van der Waals surface area (Å²) in [6.07, 6.45) is 8.13. The van der Waals surface area contributed by atoms with E-state index in [4.69, 9.17) is 5.11 Å². The summed E-state index contributed by atoms with van der Waals surface area (Å²) >= 11 is 0.